The van der Waals surface area contributed by atoms with Gasteiger partial charge in [-0.15, -0.1) is 0 Å². The minimum Gasteiger partial charge on any atom is -0.341 e. The maximum absolute atomic E-state index is 13.6. The first-order chi connectivity index (χ1) is 11.0. The predicted molar refractivity (Wildman–Crippen MR) is 81.8 cm³/mol. The van der Waals surface area contributed by atoms with Crippen LogP contribution in [0.25, 0.3) is 0 Å². The first kappa shape index (κ1) is 16.7. The Labute approximate surface area is 134 Å². The first-order valence-corrected chi connectivity index (χ1v) is 7.50. The SMILES string of the molecule is C[C@@H](CN1CCCC1=O)NC(=O)NCc1cc(C#N)ccc1F. The minimum absolute atomic E-state index is 0.0114. The van der Waals surface area contributed by atoms with Gasteiger partial charge in [0.2, 0.25) is 5.91 Å². The lowest BCUT2D eigenvalue weighted by Crippen LogP contribution is -2.46. The Bertz CT molecular complexity index is 641. The molecule has 7 heteroatoms. The third kappa shape index (κ3) is 4.68. The zero-order valence-corrected chi connectivity index (χ0v) is 12.9. The third-order valence-electron chi connectivity index (χ3n) is 3.66. The topological polar surface area (TPSA) is 85.2 Å². The normalized spacial score (nSPS) is 15.2. The number of benzene rings is 1. The van der Waals surface area contributed by atoms with E-state index in [2.05, 4.69) is 10.6 Å². The Morgan fingerprint density at radius 3 is 2.96 bits per heavy atom. The van der Waals surface area contributed by atoms with Gasteiger partial charge in [0.25, 0.3) is 0 Å². The van der Waals surface area contributed by atoms with Crippen LogP contribution in [0.5, 0.6) is 0 Å². The van der Waals surface area contributed by atoms with Gasteiger partial charge in [0.15, 0.2) is 0 Å². The number of urea groups is 1. The lowest BCUT2D eigenvalue weighted by Gasteiger charge is -2.21. The van der Waals surface area contributed by atoms with Gasteiger partial charge in [-0.05, 0) is 31.5 Å². The Kier molecular flexibility index (Phi) is 5.52. The van der Waals surface area contributed by atoms with Gasteiger partial charge in [-0.2, -0.15) is 5.26 Å². The van der Waals surface area contributed by atoms with Crippen LogP contribution in [0.2, 0.25) is 0 Å². The number of carbonyl (C=O) groups is 2. The molecule has 0 unspecified atom stereocenters. The van der Waals surface area contributed by atoms with Gasteiger partial charge in [0.1, 0.15) is 5.82 Å². The molecule has 1 aliphatic heterocycles. The number of nitrogens with zero attached hydrogens (tertiary/aromatic N) is 2. The second-order valence-corrected chi connectivity index (χ2v) is 5.59. The van der Waals surface area contributed by atoms with Crippen LogP contribution in [0.4, 0.5) is 9.18 Å². The molecule has 0 radical (unpaired) electrons. The van der Waals surface area contributed by atoms with Gasteiger partial charge in [-0.3, -0.25) is 4.79 Å². The maximum atomic E-state index is 13.6. The van der Waals surface area contributed by atoms with Gasteiger partial charge < -0.3 is 15.5 Å². The largest absolute Gasteiger partial charge is 0.341 e. The van der Waals surface area contributed by atoms with Crippen LogP contribution in [0.3, 0.4) is 0 Å². The van der Waals surface area contributed by atoms with E-state index in [1.165, 1.54) is 18.2 Å². The van der Waals surface area contributed by atoms with Crippen LogP contribution in [-0.4, -0.2) is 36.0 Å². The van der Waals surface area contributed by atoms with Crippen molar-refractivity contribution in [3.8, 4) is 6.07 Å². The molecule has 0 aromatic heterocycles. The highest BCUT2D eigenvalue weighted by atomic mass is 19.1. The highest BCUT2D eigenvalue weighted by Gasteiger charge is 2.22. The average molecular weight is 318 g/mol. The number of halogens is 1. The number of hydrogen-bond acceptors (Lipinski definition) is 3. The van der Waals surface area contributed by atoms with E-state index < -0.39 is 11.8 Å². The van der Waals surface area contributed by atoms with Crippen LogP contribution in [0.15, 0.2) is 18.2 Å². The Hall–Kier alpha value is -2.62. The summed E-state index contributed by atoms with van der Waals surface area (Å²) in [6.07, 6.45) is 1.42. The number of hydrogen-bond donors (Lipinski definition) is 2. The smallest absolute Gasteiger partial charge is 0.315 e. The molecule has 1 atom stereocenters. The lowest BCUT2D eigenvalue weighted by atomic mass is 10.1. The summed E-state index contributed by atoms with van der Waals surface area (Å²) < 4.78 is 13.6. The van der Waals surface area contributed by atoms with Crippen LogP contribution in [-0.2, 0) is 11.3 Å². The number of amides is 3. The molecule has 0 spiro atoms. The maximum Gasteiger partial charge on any atom is 0.315 e. The van der Waals surface area contributed by atoms with Crippen molar-refractivity contribution in [3.05, 3.63) is 35.1 Å². The van der Waals surface area contributed by atoms with E-state index in [0.29, 0.717) is 18.5 Å². The molecule has 2 rings (SSSR count). The second kappa shape index (κ2) is 7.58. The highest BCUT2D eigenvalue weighted by molar-refractivity contribution is 5.78. The Morgan fingerprint density at radius 1 is 1.52 bits per heavy atom. The molecule has 1 aromatic rings. The lowest BCUT2D eigenvalue weighted by molar-refractivity contribution is -0.127. The zero-order valence-electron chi connectivity index (χ0n) is 12.9. The molecule has 2 N–H and O–H groups in total. The van der Waals surface area contributed by atoms with Crippen LogP contribution in [0, 0.1) is 17.1 Å². The van der Waals surface area contributed by atoms with Gasteiger partial charge in [-0.1, -0.05) is 0 Å². The molecule has 0 aliphatic carbocycles. The molecule has 6 nitrogen and oxygen atoms in total. The van der Waals surface area contributed by atoms with Crippen molar-refractivity contribution in [2.24, 2.45) is 0 Å². The molecule has 122 valence electrons. The first-order valence-electron chi connectivity index (χ1n) is 7.50. The molecule has 1 fully saturated rings. The van der Waals surface area contributed by atoms with E-state index in [0.717, 1.165) is 13.0 Å². The fourth-order valence-corrected chi connectivity index (χ4v) is 2.50. The summed E-state index contributed by atoms with van der Waals surface area (Å²) in [7, 11) is 0. The predicted octanol–water partition coefficient (Wildman–Crippen LogP) is 1.51. The fourth-order valence-electron chi connectivity index (χ4n) is 2.50. The number of likely N-dealkylation sites (tertiary alicyclic amines) is 1. The summed E-state index contributed by atoms with van der Waals surface area (Å²) in [5.41, 5.74) is 0.589. The molecule has 23 heavy (non-hydrogen) atoms. The van der Waals surface area contributed by atoms with Crippen molar-refractivity contribution in [1.82, 2.24) is 15.5 Å². The van der Waals surface area contributed by atoms with E-state index in [4.69, 9.17) is 5.26 Å². The number of rotatable bonds is 5. The van der Waals surface area contributed by atoms with E-state index >= 15 is 0 Å². The molecule has 1 heterocycles. The molecule has 3 amide bonds. The highest BCUT2D eigenvalue weighted by Crippen LogP contribution is 2.10. The van der Waals surface area contributed by atoms with Crippen molar-refractivity contribution < 1.29 is 14.0 Å². The quantitative estimate of drug-likeness (QED) is 0.863. The molecule has 1 saturated heterocycles. The molecule has 1 aliphatic rings. The molecular formula is C16H19FN4O2. The Balaban J connectivity index is 1.81. The van der Waals surface area contributed by atoms with Gasteiger partial charge >= 0.3 is 6.03 Å². The van der Waals surface area contributed by atoms with Crippen LogP contribution >= 0.6 is 0 Å². The summed E-state index contributed by atoms with van der Waals surface area (Å²) in [5.74, 6) is -0.366. The van der Waals surface area contributed by atoms with E-state index in [1.807, 2.05) is 13.0 Å². The second-order valence-electron chi connectivity index (χ2n) is 5.59. The van der Waals surface area contributed by atoms with E-state index in [-0.39, 0.29) is 24.1 Å². The summed E-state index contributed by atoms with van der Waals surface area (Å²) in [6, 6.07) is 5.28. The van der Waals surface area contributed by atoms with Crippen molar-refractivity contribution >= 4 is 11.9 Å². The fraction of sp³-hybridized carbons (Fsp3) is 0.438. The number of carbonyl (C=O) groups excluding carboxylic acids is 2. The Morgan fingerprint density at radius 2 is 2.30 bits per heavy atom. The van der Waals surface area contributed by atoms with Gasteiger partial charge in [0.05, 0.1) is 11.6 Å². The van der Waals surface area contributed by atoms with E-state index in [9.17, 15) is 14.0 Å². The minimum atomic E-state index is -0.472. The van der Waals surface area contributed by atoms with E-state index in [1.54, 1.807) is 4.90 Å². The molecule has 0 saturated carbocycles. The molecule has 1 aromatic carbocycles. The zero-order chi connectivity index (χ0) is 16.8. The van der Waals surface area contributed by atoms with Crippen LogP contribution in [0.1, 0.15) is 30.9 Å². The monoisotopic (exact) mass is 318 g/mol. The van der Waals surface area contributed by atoms with Crippen molar-refractivity contribution in [3.63, 3.8) is 0 Å². The summed E-state index contributed by atoms with van der Waals surface area (Å²) >= 11 is 0. The summed E-state index contributed by atoms with van der Waals surface area (Å²) in [4.78, 5) is 25.1. The van der Waals surface area contributed by atoms with Gasteiger partial charge in [0, 0.05) is 37.7 Å². The number of nitrogens with one attached hydrogen (secondary N) is 2. The van der Waals surface area contributed by atoms with Crippen molar-refractivity contribution in [2.45, 2.75) is 32.4 Å². The molecular weight excluding hydrogens is 299 g/mol. The number of nitriles is 1. The van der Waals surface area contributed by atoms with Gasteiger partial charge in [-0.25, -0.2) is 9.18 Å². The van der Waals surface area contributed by atoms with Crippen molar-refractivity contribution in [2.75, 3.05) is 13.1 Å². The van der Waals surface area contributed by atoms with Crippen LogP contribution < -0.4 is 10.6 Å². The standard InChI is InChI=1S/C16H19FN4O2/c1-11(10-21-6-2-3-15(21)22)20-16(23)19-9-13-7-12(8-18)4-5-14(13)17/h4-5,7,11H,2-3,6,9-10H2,1H3,(H2,19,20,23)/t11-/m0/s1. The third-order valence-corrected chi connectivity index (χ3v) is 3.66. The summed E-state index contributed by atoms with van der Waals surface area (Å²) in [5, 5.41) is 14.1. The molecule has 0 bridgehead atoms. The average Bonchev–Trinajstić information content (AvgIpc) is 2.91. The summed E-state index contributed by atoms with van der Waals surface area (Å²) in [6.45, 7) is 2.98. The van der Waals surface area contributed by atoms with Crippen molar-refractivity contribution in [1.29, 1.82) is 5.26 Å².